The first kappa shape index (κ1) is 9.58. The van der Waals surface area contributed by atoms with E-state index in [2.05, 4.69) is 11.6 Å². The van der Waals surface area contributed by atoms with Crippen LogP contribution in [0.3, 0.4) is 0 Å². The summed E-state index contributed by atoms with van der Waals surface area (Å²) in [5.74, 6) is -0.473. The number of aryl methyl sites for hydroxylation is 1. The summed E-state index contributed by atoms with van der Waals surface area (Å²) in [5.41, 5.74) is 1.16. The Bertz CT molecular complexity index is 601. The van der Waals surface area contributed by atoms with Crippen molar-refractivity contribution in [2.75, 3.05) is 0 Å². The summed E-state index contributed by atoms with van der Waals surface area (Å²) in [7, 11) is 1.58. The highest BCUT2D eigenvalue weighted by Gasteiger charge is 2.08. The molecule has 0 aliphatic heterocycles. The molecule has 0 aliphatic rings. The van der Waals surface area contributed by atoms with Gasteiger partial charge in [-0.25, -0.2) is 4.39 Å². The van der Waals surface area contributed by atoms with Crippen LogP contribution >= 0.6 is 0 Å². The van der Waals surface area contributed by atoms with Gasteiger partial charge in [-0.1, -0.05) is 12.7 Å². The zero-order valence-corrected chi connectivity index (χ0v) is 8.20. The van der Waals surface area contributed by atoms with Crippen LogP contribution in [0.5, 0.6) is 0 Å². The van der Waals surface area contributed by atoms with Crippen LogP contribution in [0.1, 0.15) is 5.56 Å². The average Bonchev–Trinajstić information content (AvgIpc) is 2.24. The molecule has 3 nitrogen and oxygen atoms in total. The van der Waals surface area contributed by atoms with Gasteiger partial charge >= 0.3 is 0 Å². The first-order valence-electron chi connectivity index (χ1n) is 4.42. The van der Waals surface area contributed by atoms with E-state index in [4.69, 9.17) is 0 Å². The summed E-state index contributed by atoms with van der Waals surface area (Å²) < 4.78 is 14.7. The van der Waals surface area contributed by atoms with Crippen LogP contribution in [-0.4, -0.2) is 9.55 Å². The van der Waals surface area contributed by atoms with Crippen LogP contribution in [0.25, 0.3) is 17.1 Å². The normalized spacial score (nSPS) is 10.5. The topological polar surface area (TPSA) is 34.9 Å². The molecule has 0 aromatic carbocycles. The van der Waals surface area contributed by atoms with Crippen molar-refractivity contribution in [2.45, 2.75) is 0 Å². The molecule has 4 heteroatoms. The molecule has 0 spiro atoms. The summed E-state index contributed by atoms with van der Waals surface area (Å²) in [6, 6.07) is 2.98. The summed E-state index contributed by atoms with van der Waals surface area (Å²) in [6.45, 7) is 3.53. The van der Waals surface area contributed by atoms with Gasteiger partial charge in [0.2, 0.25) is 0 Å². The number of hydrogen-bond acceptors (Lipinski definition) is 2. The molecule has 0 N–H and O–H groups in total. The van der Waals surface area contributed by atoms with E-state index in [9.17, 15) is 9.18 Å². The van der Waals surface area contributed by atoms with Gasteiger partial charge in [-0.3, -0.25) is 9.78 Å². The SMILES string of the molecule is C=Cc1c(F)cnc2ccc(=O)n(C)c12. The minimum Gasteiger partial charge on any atom is -0.309 e. The first-order chi connectivity index (χ1) is 7.15. The Balaban J connectivity index is 3.07. The standard InChI is InChI=1S/C11H9FN2O/c1-3-7-8(12)6-13-9-4-5-10(15)14(2)11(7)9/h3-6H,1H2,2H3. The van der Waals surface area contributed by atoms with Crippen LogP contribution in [0.15, 0.2) is 29.7 Å². The van der Waals surface area contributed by atoms with Crippen molar-refractivity contribution in [2.24, 2.45) is 7.05 Å². The average molecular weight is 204 g/mol. The van der Waals surface area contributed by atoms with Crippen molar-refractivity contribution in [3.63, 3.8) is 0 Å². The largest absolute Gasteiger partial charge is 0.309 e. The molecule has 0 saturated heterocycles. The smallest absolute Gasteiger partial charge is 0.250 e. The van der Waals surface area contributed by atoms with Crippen LogP contribution in [-0.2, 0) is 7.05 Å². The highest BCUT2D eigenvalue weighted by molar-refractivity contribution is 5.84. The Kier molecular flexibility index (Phi) is 2.11. The van der Waals surface area contributed by atoms with Crippen molar-refractivity contribution < 1.29 is 4.39 Å². The predicted molar refractivity (Wildman–Crippen MR) is 57.0 cm³/mol. The summed E-state index contributed by atoms with van der Waals surface area (Å²) in [4.78, 5) is 15.3. The van der Waals surface area contributed by atoms with E-state index in [0.717, 1.165) is 6.20 Å². The second-order valence-corrected chi connectivity index (χ2v) is 3.19. The lowest BCUT2D eigenvalue weighted by molar-refractivity contribution is 0.620. The molecule has 0 radical (unpaired) electrons. The number of aromatic nitrogens is 2. The lowest BCUT2D eigenvalue weighted by Gasteiger charge is -2.07. The Morgan fingerprint density at radius 2 is 2.27 bits per heavy atom. The zero-order valence-electron chi connectivity index (χ0n) is 8.20. The number of pyridine rings is 2. The third-order valence-corrected chi connectivity index (χ3v) is 2.33. The first-order valence-corrected chi connectivity index (χ1v) is 4.42. The molecule has 15 heavy (non-hydrogen) atoms. The third-order valence-electron chi connectivity index (χ3n) is 2.33. The fourth-order valence-electron chi connectivity index (χ4n) is 1.55. The van der Waals surface area contributed by atoms with Gasteiger partial charge < -0.3 is 4.57 Å². The molecule has 0 bridgehead atoms. The van der Waals surface area contributed by atoms with E-state index in [1.165, 1.54) is 16.7 Å². The Morgan fingerprint density at radius 1 is 1.53 bits per heavy atom. The zero-order chi connectivity index (χ0) is 11.0. The molecule has 0 fully saturated rings. The Hall–Kier alpha value is -1.97. The van der Waals surface area contributed by atoms with Gasteiger partial charge in [-0.15, -0.1) is 0 Å². The second-order valence-electron chi connectivity index (χ2n) is 3.19. The summed E-state index contributed by atoms with van der Waals surface area (Å²) in [5, 5.41) is 0. The van der Waals surface area contributed by atoms with Crippen LogP contribution < -0.4 is 5.56 Å². The van der Waals surface area contributed by atoms with Gasteiger partial charge in [-0.2, -0.15) is 0 Å². The lowest BCUT2D eigenvalue weighted by atomic mass is 10.2. The minimum absolute atomic E-state index is 0.196. The van der Waals surface area contributed by atoms with Gasteiger partial charge in [0.15, 0.2) is 5.82 Å². The number of hydrogen-bond donors (Lipinski definition) is 0. The predicted octanol–water partition coefficient (Wildman–Crippen LogP) is 1.72. The van der Waals surface area contributed by atoms with E-state index in [1.807, 2.05) is 0 Å². The van der Waals surface area contributed by atoms with Crippen molar-refractivity contribution in [3.05, 3.63) is 46.6 Å². The van der Waals surface area contributed by atoms with Crippen molar-refractivity contribution in [1.82, 2.24) is 9.55 Å². The molecule has 0 unspecified atom stereocenters. The van der Waals surface area contributed by atoms with Gasteiger partial charge in [0.05, 0.1) is 17.2 Å². The molecule has 0 saturated carbocycles. The summed E-state index contributed by atoms with van der Waals surface area (Å²) in [6.07, 6.45) is 2.52. The molecular weight excluding hydrogens is 195 g/mol. The van der Waals surface area contributed by atoms with E-state index < -0.39 is 5.82 Å². The highest BCUT2D eigenvalue weighted by atomic mass is 19.1. The molecule has 0 aliphatic carbocycles. The van der Waals surface area contributed by atoms with Gasteiger partial charge in [0.1, 0.15) is 0 Å². The monoisotopic (exact) mass is 204 g/mol. The fourth-order valence-corrected chi connectivity index (χ4v) is 1.55. The molecular formula is C11H9FN2O. The van der Waals surface area contributed by atoms with Gasteiger partial charge in [-0.05, 0) is 6.07 Å². The van der Waals surface area contributed by atoms with E-state index >= 15 is 0 Å². The summed E-state index contributed by atoms with van der Waals surface area (Å²) >= 11 is 0. The van der Waals surface area contributed by atoms with Crippen molar-refractivity contribution in [1.29, 1.82) is 0 Å². The number of rotatable bonds is 1. The molecule has 76 valence electrons. The number of fused-ring (bicyclic) bond motifs is 1. The fraction of sp³-hybridized carbons (Fsp3) is 0.0909. The van der Waals surface area contributed by atoms with Gasteiger partial charge in [0, 0.05) is 18.7 Å². The van der Waals surface area contributed by atoms with Crippen LogP contribution in [0.2, 0.25) is 0 Å². The molecule has 2 rings (SSSR count). The molecule has 2 aromatic heterocycles. The Labute approximate surface area is 85.5 Å². The maximum Gasteiger partial charge on any atom is 0.250 e. The van der Waals surface area contributed by atoms with Crippen molar-refractivity contribution >= 4 is 17.1 Å². The van der Waals surface area contributed by atoms with E-state index in [1.54, 1.807) is 13.1 Å². The maximum absolute atomic E-state index is 13.4. The number of halogens is 1. The van der Waals surface area contributed by atoms with Gasteiger partial charge in [0.25, 0.3) is 5.56 Å². The maximum atomic E-state index is 13.4. The molecule has 0 amide bonds. The van der Waals surface area contributed by atoms with Crippen LogP contribution in [0, 0.1) is 5.82 Å². The quantitative estimate of drug-likeness (QED) is 0.708. The van der Waals surface area contributed by atoms with E-state index in [-0.39, 0.29) is 5.56 Å². The molecule has 0 atom stereocenters. The lowest BCUT2D eigenvalue weighted by Crippen LogP contribution is -2.16. The molecule has 2 aromatic rings. The van der Waals surface area contributed by atoms with Crippen molar-refractivity contribution in [3.8, 4) is 0 Å². The number of nitrogens with zero attached hydrogens (tertiary/aromatic N) is 2. The Morgan fingerprint density at radius 3 is 2.93 bits per heavy atom. The van der Waals surface area contributed by atoms with Crippen LogP contribution in [0.4, 0.5) is 4.39 Å². The third kappa shape index (κ3) is 1.34. The van der Waals surface area contributed by atoms with E-state index in [0.29, 0.717) is 16.6 Å². The highest BCUT2D eigenvalue weighted by Crippen LogP contribution is 2.18. The minimum atomic E-state index is -0.473. The molecule has 2 heterocycles. The second kappa shape index (κ2) is 3.31.